The molecule has 1 fully saturated rings. The van der Waals surface area contributed by atoms with Crippen molar-refractivity contribution >= 4 is 11.3 Å². The SMILES string of the molecule is Cc1ccsc1CNCCN(C)C1CCOCC1. The Kier molecular flexibility index (Phi) is 5.63. The van der Waals surface area contributed by atoms with Gasteiger partial charge in [0.2, 0.25) is 0 Å². The van der Waals surface area contributed by atoms with Crippen molar-refractivity contribution in [3.05, 3.63) is 21.9 Å². The van der Waals surface area contributed by atoms with E-state index in [1.54, 1.807) is 0 Å². The first-order valence-electron chi connectivity index (χ1n) is 6.79. The summed E-state index contributed by atoms with van der Waals surface area (Å²) in [7, 11) is 2.23. The van der Waals surface area contributed by atoms with Crippen molar-refractivity contribution < 1.29 is 4.74 Å². The lowest BCUT2D eigenvalue weighted by Crippen LogP contribution is -2.40. The van der Waals surface area contributed by atoms with Crippen LogP contribution in [0.1, 0.15) is 23.3 Å². The Labute approximate surface area is 114 Å². The second-order valence-electron chi connectivity index (χ2n) is 5.03. The lowest BCUT2D eigenvalue weighted by molar-refractivity contribution is 0.0434. The Bertz CT molecular complexity index is 347. The minimum Gasteiger partial charge on any atom is -0.381 e. The van der Waals surface area contributed by atoms with Gasteiger partial charge in [-0.15, -0.1) is 11.3 Å². The van der Waals surface area contributed by atoms with Gasteiger partial charge in [-0.1, -0.05) is 0 Å². The zero-order chi connectivity index (χ0) is 12.8. The number of likely N-dealkylation sites (N-methyl/N-ethyl adjacent to an activating group) is 1. The van der Waals surface area contributed by atoms with Crippen LogP contribution in [-0.4, -0.2) is 44.3 Å². The van der Waals surface area contributed by atoms with Gasteiger partial charge in [0, 0.05) is 43.8 Å². The average Bonchev–Trinajstić information content (AvgIpc) is 2.81. The fourth-order valence-electron chi connectivity index (χ4n) is 2.35. The lowest BCUT2D eigenvalue weighted by atomic mass is 10.1. The number of ether oxygens (including phenoxy) is 1. The first kappa shape index (κ1) is 14.0. The molecular weight excluding hydrogens is 244 g/mol. The summed E-state index contributed by atoms with van der Waals surface area (Å²) in [6.07, 6.45) is 2.36. The molecule has 0 aliphatic carbocycles. The van der Waals surface area contributed by atoms with Crippen LogP contribution in [0.2, 0.25) is 0 Å². The van der Waals surface area contributed by atoms with Crippen molar-refractivity contribution in [1.82, 2.24) is 10.2 Å². The number of nitrogens with zero attached hydrogens (tertiary/aromatic N) is 1. The van der Waals surface area contributed by atoms with E-state index in [1.165, 1.54) is 23.3 Å². The molecule has 2 heterocycles. The summed E-state index contributed by atoms with van der Waals surface area (Å²) in [4.78, 5) is 3.93. The standard InChI is InChI=1S/C14H24N2OS/c1-12-5-10-18-14(12)11-15-6-7-16(2)13-3-8-17-9-4-13/h5,10,13,15H,3-4,6-9,11H2,1-2H3. The molecule has 102 valence electrons. The van der Waals surface area contributed by atoms with Crippen LogP contribution in [0.4, 0.5) is 0 Å². The molecule has 1 aliphatic heterocycles. The highest BCUT2D eigenvalue weighted by Gasteiger charge is 2.17. The maximum Gasteiger partial charge on any atom is 0.0480 e. The zero-order valence-corrected chi connectivity index (χ0v) is 12.3. The van der Waals surface area contributed by atoms with Gasteiger partial charge in [0.25, 0.3) is 0 Å². The van der Waals surface area contributed by atoms with Gasteiger partial charge in [0.1, 0.15) is 0 Å². The van der Waals surface area contributed by atoms with Gasteiger partial charge in [-0.05, 0) is 43.8 Å². The molecule has 0 bridgehead atoms. The van der Waals surface area contributed by atoms with Crippen LogP contribution in [-0.2, 0) is 11.3 Å². The summed E-state index contributed by atoms with van der Waals surface area (Å²) in [6.45, 7) is 7.22. The van der Waals surface area contributed by atoms with E-state index >= 15 is 0 Å². The van der Waals surface area contributed by atoms with E-state index in [0.29, 0.717) is 6.04 Å². The second-order valence-corrected chi connectivity index (χ2v) is 6.03. The summed E-state index contributed by atoms with van der Waals surface area (Å²) in [5.74, 6) is 0. The van der Waals surface area contributed by atoms with Crippen LogP contribution in [0, 0.1) is 6.92 Å². The third-order valence-electron chi connectivity index (χ3n) is 3.71. The summed E-state index contributed by atoms with van der Waals surface area (Å²) in [5.41, 5.74) is 1.41. The van der Waals surface area contributed by atoms with E-state index in [1.807, 2.05) is 11.3 Å². The molecule has 2 rings (SSSR count). The Morgan fingerprint density at radius 3 is 2.89 bits per heavy atom. The molecule has 1 aromatic heterocycles. The van der Waals surface area contributed by atoms with Gasteiger partial charge < -0.3 is 15.0 Å². The van der Waals surface area contributed by atoms with Crippen LogP contribution in [0.5, 0.6) is 0 Å². The van der Waals surface area contributed by atoms with Crippen LogP contribution in [0.15, 0.2) is 11.4 Å². The van der Waals surface area contributed by atoms with Crippen molar-refractivity contribution in [2.24, 2.45) is 0 Å². The quantitative estimate of drug-likeness (QED) is 0.801. The molecule has 4 heteroatoms. The maximum atomic E-state index is 5.40. The van der Waals surface area contributed by atoms with Gasteiger partial charge in [0.05, 0.1) is 0 Å². The van der Waals surface area contributed by atoms with Crippen molar-refractivity contribution in [3.8, 4) is 0 Å². The summed E-state index contributed by atoms with van der Waals surface area (Å²) in [5, 5.41) is 5.70. The molecular formula is C14H24N2OS. The fourth-order valence-corrected chi connectivity index (χ4v) is 3.23. The van der Waals surface area contributed by atoms with Crippen LogP contribution in [0.3, 0.4) is 0 Å². The lowest BCUT2D eigenvalue weighted by Gasteiger charge is -2.31. The van der Waals surface area contributed by atoms with E-state index in [9.17, 15) is 0 Å². The van der Waals surface area contributed by atoms with Crippen LogP contribution in [0.25, 0.3) is 0 Å². The van der Waals surface area contributed by atoms with E-state index in [-0.39, 0.29) is 0 Å². The number of thiophene rings is 1. The molecule has 1 saturated heterocycles. The molecule has 0 radical (unpaired) electrons. The number of rotatable bonds is 6. The highest BCUT2D eigenvalue weighted by atomic mass is 32.1. The number of nitrogens with one attached hydrogen (secondary N) is 1. The fraction of sp³-hybridized carbons (Fsp3) is 0.714. The van der Waals surface area contributed by atoms with E-state index in [0.717, 1.165) is 32.8 Å². The van der Waals surface area contributed by atoms with E-state index in [2.05, 4.69) is 35.6 Å². The van der Waals surface area contributed by atoms with Gasteiger partial charge >= 0.3 is 0 Å². The Morgan fingerprint density at radius 1 is 1.44 bits per heavy atom. The predicted octanol–water partition coefficient (Wildman–Crippen LogP) is 2.26. The van der Waals surface area contributed by atoms with Gasteiger partial charge in [-0.3, -0.25) is 0 Å². The maximum absolute atomic E-state index is 5.40. The number of hydrogen-bond acceptors (Lipinski definition) is 4. The van der Waals surface area contributed by atoms with Gasteiger partial charge in [-0.2, -0.15) is 0 Å². The topological polar surface area (TPSA) is 24.5 Å². The normalized spacial score (nSPS) is 17.5. The number of aryl methyl sites for hydroxylation is 1. The third-order valence-corrected chi connectivity index (χ3v) is 4.73. The Balaban J connectivity index is 1.61. The molecule has 0 saturated carbocycles. The van der Waals surface area contributed by atoms with Crippen molar-refractivity contribution in [3.63, 3.8) is 0 Å². The second kappa shape index (κ2) is 7.24. The molecule has 3 nitrogen and oxygen atoms in total. The molecule has 1 aromatic rings. The molecule has 0 amide bonds. The first-order valence-corrected chi connectivity index (χ1v) is 7.67. The van der Waals surface area contributed by atoms with E-state index < -0.39 is 0 Å². The first-order chi connectivity index (χ1) is 8.77. The van der Waals surface area contributed by atoms with Crippen molar-refractivity contribution in [2.45, 2.75) is 32.4 Å². The third kappa shape index (κ3) is 4.05. The predicted molar refractivity (Wildman–Crippen MR) is 77.2 cm³/mol. The molecule has 0 spiro atoms. The molecule has 1 N–H and O–H groups in total. The van der Waals surface area contributed by atoms with Gasteiger partial charge in [-0.25, -0.2) is 0 Å². The highest BCUT2D eigenvalue weighted by Crippen LogP contribution is 2.15. The van der Waals surface area contributed by atoms with Gasteiger partial charge in [0.15, 0.2) is 0 Å². The molecule has 0 atom stereocenters. The monoisotopic (exact) mass is 268 g/mol. The van der Waals surface area contributed by atoms with Crippen LogP contribution >= 0.6 is 11.3 Å². The summed E-state index contributed by atoms with van der Waals surface area (Å²) >= 11 is 1.84. The van der Waals surface area contributed by atoms with Crippen molar-refractivity contribution in [2.75, 3.05) is 33.4 Å². The zero-order valence-electron chi connectivity index (χ0n) is 11.4. The number of hydrogen-bond donors (Lipinski definition) is 1. The summed E-state index contributed by atoms with van der Waals surface area (Å²) in [6, 6.07) is 2.90. The smallest absolute Gasteiger partial charge is 0.0480 e. The molecule has 0 unspecified atom stereocenters. The minimum absolute atomic E-state index is 0.712. The van der Waals surface area contributed by atoms with E-state index in [4.69, 9.17) is 4.74 Å². The Morgan fingerprint density at radius 2 is 2.22 bits per heavy atom. The largest absolute Gasteiger partial charge is 0.381 e. The van der Waals surface area contributed by atoms with Crippen molar-refractivity contribution in [1.29, 1.82) is 0 Å². The highest BCUT2D eigenvalue weighted by molar-refractivity contribution is 7.10. The Hall–Kier alpha value is -0.420. The average molecular weight is 268 g/mol. The molecule has 0 aromatic carbocycles. The minimum atomic E-state index is 0.712. The van der Waals surface area contributed by atoms with Crippen LogP contribution < -0.4 is 5.32 Å². The molecule has 1 aliphatic rings. The summed E-state index contributed by atoms with van der Waals surface area (Å²) < 4.78 is 5.40. The molecule has 18 heavy (non-hydrogen) atoms.